The molecule has 2 aromatic rings. The average Bonchev–Trinajstić information content (AvgIpc) is 2.92. The van der Waals surface area contributed by atoms with Gasteiger partial charge in [-0.2, -0.15) is 0 Å². The predicted octanol–water partition coefficient (Wildman–Crippen LogP) is 6.40. The smallest absolute Gasteiger partial charge is 0.118 e. The van der Waals surface area contributed by atoms with Crippen molar-refractivity contribution in [3.05, 3.63) is 59.7 Å². The number of benzene rings is 2. The molecule has 2 atom stereocenters. The zero-order chi connectivity index (χ0) is 28.5. The number of ether oxygens (including phenoxy) is 1. The number of phenols is 1. The van der Waals surface area contributed by atoms with Gasteiger partial charge < -0.3 is 29.9 Å². The lowest BCUT2D eigenvalue weighted by Gasteiger charge is -2.40. The van der Waals surface area contributed by atoms with Gasteiger partial charge in [0.1, 0.15) is 11.5 Å². The van der Waals surface area contributed by atoms with E-state index in [0.29, 0.717) is 0 Å². The molecule has 0 aliphatic heterocycles. The van der Waals surface area contributed by atoms with Crippen LogP contribution in [-0.2, 0) is 0 Å². The summed E-state index contributed by atoms with van der Waals surface area (Å²) in [5.74, 6) is 1.43. The van der Waals surface area contributed by atoms with Gasteiger partial charge in [0.2, 0.25) is 0 Å². The largest absolute Gasteiger partial charge is 0.508 e. The van der Waals surface area contributed by atoms with Crippen LogP contribution in [0.2, 0.25) is 0 Å². The molecule has 2 aromatic carbocycles. The minimum Gasteiger partial charge on any atom is -0.508 e. The fourth-order valence-corrected chi connectivity index (χ4v) is 6.47. The Morgan fingerprint density at radius 3 is 1.32 bits per heavy atom. The van der Waals surface area contributed by atoms with Crippen molar-refractivity contribution in [1.82, 2.24) is 9.80 Å². The van der Waals surface area contributed by atoms with Crippen molar-refractivity contribution in [2.45, 2.75) is 94.7 Å². The number of aliphatic hydroxyl groups is 2. The van der Waals surface area contributed by atoms with Gasteiger partial charge in [-0.1, -0.05) is 70.2 Å². The second-order valence-corrected chi connectivity index (χ2v) is 12.3. The van der Waals surface area contributed by atoms with Crippen LogP contribution in [0.15, 0.2) is 48.5 Å². The first-order valence-electron chi connectivity index (χ1n) is 14.7. The molecule has 226 valence electrons. The van der Waals surface area contributed by atoms with Gasteiger partial charge in [0.25, 0.3) is 0 Å². The maximum Gasteiger partial charge on any atom is 0.118 e. The Morgan fingerprint density at radius 2 is 1.00 bits per heavy atom. The Labute approximate surface area is 244 Å². The van der Waals surface area contributed by atoms with Crippen LogP contribution < -0.4 is 4.74 Å². The molecule has 6 heteroatoms. The summed E-state index contributed by atoms with van der Waals surface area (Å²) in [5, 5.41) is 31.5. The SMILES string of the molecule is C.CN(C)CC(c1ccc(O)cc1)C1(O)CCCCC1.COc1ccc(C(CN(C)C)C2(O)CCCCC2)cc1. The van der Waals surface area contributed by atoms with E-state index in [1.165, 1.54) is 18.4 Å². The molecule has 2 saturated carbocycles. The molecule has 6 nitrogen and oxygen atoms in total. The number of methoxy groups -OCH3 is 1. The first-order chi connectivity index (χ1) is 18.6. The van der Waals surface area contributed by atoms with Crippen LogP contribution >= 0.6 is 0 Å². The van der Waals surface area contributed by atoms with Crippen molar-refractivity contribution in [2.24, 2.45) is 0 Å². The van der Waals surface area contributed by atoms with E-state index in [-0.39, 0.29) is 25.0 Å². The summed E-state index contributed by atoms with van der Waals surface area (Å²) in [6.45, 7) is 1.71. The number of nitrogens with zero attached hydrogens (tertiary/aromatic N) is 2. The van der Waals surface area contributed by atoms with Crippen LogP contribution in [0.3, 0.4) is 0 Å². The highest BCUT2D eigenvalue weighted by Crippen LogP contribution is 2.41. The average molecular weight is 557 g/mol. The molecule has 0 radical (unpaired) electrons. The Bertz CT molecular complexity index is 962. The molecule has 2 fully saturated rings. The number of rotatable bonds is 9. The molecule has 0 saturated heterocycles. The van der Waals surface area contributed by atoms with Crippen molar-refractivity contribution in [2.75, 3.05) is 48.4 Å². The minimum atomic E-state index is -0.598. The molecule has 2 aliphatic rings. The van der Waals surface area contributed by atoms with E-state index >= 15 is 0 Å². The second kappa shape index (κ2) is 15.8. The molecular weight excluding hydrogens is 500 g/mol. The Hall–Kier alpha value is -2.12. The Morgan fingerprint density at radius 1 is 0.650 bits per heavy atom. The third-order valence-electron chi connectivity index (χ3n) is 8.65. The molecule has 2 unspecified atom stereocenters. The first kappa shape index (κ1) is 34.1. The van der Waals surface area contributed by atoms with E-state index in [0.717, 1.165) is 75.8 Å². The van der Waals surface area contributed by atoms with Gasteiger partial charge in [0.05, 0.1) is 18.3 Å². The van der Waals surface area contributed by atoms with Crippen LogP contribution in [-0.4, -0.2) is 84.7 Å². The molecule has 2 aliphatic carbocycles. The van der Waals surface area contributed by atoms with Crippen molar-refractivity contribution in [3.8, 4) is 11.5 Å². The van der Waals surface area contributed by atoms with Crippen LogP contribution in [0.4, 0.5) is 0 Å². The van der Waals surface area contributed by atoms with Crippen LogP contribution in [0.25, 0.3) is 0 Å². The molecule has 40 heavy (non-hydrogen) atoms. The summed E-state index contributed by atoms with van der Waals surface area (Å²) in [7, 11) is 9.91. The Kier molecular flexibility index (Phi) is 13.4. The maximum atomic E-state index is 11.1. The van der Waals surface area contributed by atoms with Gasteiger partial charge in [-0.15, -0.1) is 0 Å². The van der Waals surface area contributed by atoms with Gasteiger partial charge in [-0.3, -0.25) is 0 Å². The van der Waals surface area contributed by atoms with Crippen molar-refractivity contribution in [1.29, 1.82) is 0 Å². The molecule has 0 aromatic heterocycles. The summed E-state index contributed by atoms with van der Waals surface area (Å²) in [6, 6.07) is 15.5. The van der Waals surface area contributed by atoms with Gasteiger partial charge in [0.15, 0.2) is 0 Å². The molecule has 4 rings (SSSR count). The quantitative estimate of drug-likeness (QED) is 0.332. The lowest BCUT2D eigenvalue weighted by Crippen LogP contribution is -2.42. The highest BCUT2D eigenvalue weighted by Gasteiger charge is 2.40. The fraction of sp³-hybridized carbons (Fsp3) is 0.647. The zero-order valence-corrected chi connectivity index (χ0v) is 24.9. The van der Waals surface area contributed by atoms with E-state index in [4.69, 9.17) is 4.74 Å². The number of likely N-dealkylation sites (N-methyl/N-ethyl adjacent to an activating group) is 2. The fourth-order valence-electron chi connectivity index (χ4n) is 6.47. The third-order valence-corrected chi connectivity index (χ3v) is 8.65. The van der Waals surface area contributed by atoms with Crippen molar-refractivity contribution >= 4 is 0 Å². The molecule has 0 spiro atoms. The number of phenolic OH excluding ortho intramolecular Hbond substituents is 1. The monoisotopic (exact) mass is 556 g/mol. The lowest BCUT2D eigenvalue weighted by atomic mass is 9.72. The normalized spacial score (nSPS) is 19.6. The van der Waals surface area contributed by atoms with Gasteiger partial charge >= 0.3 is 0 Å². The van der Waals surface area contributed by atoms with E-state index in [1.807, 2.05) is 38.4 Å². The minimum absolute atomic E-state index is 0. The second-order valence-electron chi connectivity index (χ2n) is 12.3. The van der Waals surface area contributed by atoms with Gasteiger partial charge in [0, 0.05) is 24.9 Å². The van der Waals surface area contributed by atoms with Crippen LogP contribution in [0, 0.1) is 0 Å². The molecule has 3 N–H and O–H groups in total. The van der Waals surface area contributed by atoms with E-state index in [2.05, 4.69) is 36.0 Å². The Balaban J connectivity index is 0.000000274. The first-order valence-corrected chi connectivity index (χ1v) is 14.7. The molecular formula is C34H56N2O4. The molecule has 0 heterocycles. The summed E-state index contributed by atoms with van der Waals surface area (Å²) < 4.78 is 5.23. The van der Waals surface area contributed by atoms with E-state index in [9.17, 15) is 15.3 Å². The maximum absolute atomic E-state index is 11.1. The number of hydrogen-bond acceptors (Lipinski definition) is 6. The highest BCUT2D eigenvalue weighted by molar-refractivity contribution is 5.32. The van der Waals surface area contributed by atoms with E-state index in [1.54, 1.807) is 19.2 Å². The molecule has 0 amide bonds. The summed E-state index contributed by atoms with van der Waals surface area (Å²) >= 11 is 0. The zero-order valence-electron chi connectivity index (χ0n) is 24.9. The van der Waals surface area contributed by atoms with Crippen molar-refractivity contribution in [3.63, 3.8) is 0 Å². The van der Waals surface area contributed by atoms with Crippen LogP contribution in [0.5, 0.6) is 11.5 Å². The topological polar surface area (TPSA) is 76.4 Å². The number of hydrogen-bond donors (Lipinski definition) is 3. The summed E-state index contributed by atoms with van der Waals surface area (Å²) in [5.41, 5.74) is 1.18. The van der Waals surface area contributed by atoms with Gasteiger partial charge in [-0.25, -0.2) is 0 Å². The standard InChI is InChI=1S/C17H27NO2.C16H25NO2.CH4/c1-18(2)13-16(17(19)11-5-4-6-12-17)14-7-9-15(20-3)10-8-14;1-17(2)12-15(13-6-8-14(18)9-7-13)16(19)10-4-3-5-11-16;/h7-10,16,19H,4-6,11-13H2,1-3H3;6-9,15,18-19H,3-5,10-12H2,1-2H3;1H4. The summed E-state index contributed by atoms with van der Waals surface area (Å²) in [4.78, 5) is 4.30. The van der Waals surface area contributed by atoms with E-state index < -0.39 is 11.2 Å². The van der Waals surface area contributed by atoms with Crippen molar-refractivity contribution < 1.29 is 20.1 Å². The summed E-state index contributed by atoms with van der Waals surface area (Å²) in [6.07, 6.45) is 10.6. The number of aromatic hydroxyl groups is 1. The molecule has 0 bridgehead atoms. The van der Waals surface area contributed by atoms with Gasteiger partial charge in [-0.05, 0) is 89.3 Å². The lowest BCUT2D eigenvalue weighted by molar-refractivity contribution is -0.0280. The predicted molar refractivity (Wildman–Crippen MR) is 166 cm³/mol. The van der Waals surface area contributed by atoms with Crippen LogP contribution in [0.1, 0.15) is 94.6 Å². The third kappa shape index (κ3) is 9.47. The highest BCUT2D eigenvalue weighted by atomic mass is 16.5.